The van der Waals surface area contributed by atoms with Crippen LogP contribution in [0.2, 0.25) is 0 Å². The van der Waals surface area contributed by atoms with E-state index >= 15 is 0 Å². The van der Waals surface area contributed by atoms with E-state index in [1.165, 1.54) is 12.8 Å². The van der Waals surface area contributed by atoms with Crippen molar-refractivity contribution in [3.63, 3.8) is 0 Å². The third-order valence-corrected chi connectivity index (χ3v) is 5.83. The molecule has 148 valence electrons. The summed E-state index contributed by atoms with van der Waals surface area (Å²) in [6.45, 7) is 4.28. The van der Waals surface area contributed by atoms with E-state index in [9.17, 15) is 4.79 Å². The number of hydrogen-bond acceptors (Lipinski definition) is 4. The first-order chi connectivity index (χ1) is 12.2. The van der Waals surface area contributed by atoms with Gasteiger partial charge in [0.15, 0.2) is 0 Å². The fourth-order valence-electron chi connectivity index (χ4n) is 4.33. The summed E-state index contributed by atoms with van der Waals surface area (Å²) in [5, 5.41) is 6.59. The van der Waals surface area contributed by atoms with Crippen molar-refractivity contribution in [3.05, 3.63) is 42.1 Å². The predicted octanol–water partition coefficient (Wildman–Crippen LogP) is 2.82. The van der Waals surface area contributed by atoms with Crippen LogP contribution >= 0.6 is 24.8 Å². The van der Waals surface area contributed by atoms with Crippen LogP contribution in [0.5, 0.6) is 0 Å². The maximum Gasteiger partial charge on any atom is 0.228 e. The van der Waals surface area contributed by atoms with Crippen LogP contribution in [-0.4, -0.2) is 33.5 Å². The van der Waals surface area contributed by atoms with Gasteiger partial charge in [0.25, 0.3) is 0 Å². The van der Waals surface area contributed by atoms with E-state index in [0.29, 0.717) is 12.5 Å². The molecule has 8 heteroatoms. The van der Waals surface area contributed by atoms with Gasteiger partial charge in [0.1, 0.15) is 11.6 Å². The van der Waals surface area contributed by atoms with E-state index in [1.54, 1.807) is 6.20 Å². The summed E-state index contributed by atoms with van der Waals surface area (Å²) < 4.78 is 1.94. The van der Waals surface area contributed by atoms with E-state index in [-0.39, 0.29) is 36.1 Å². The number of amides is 1. The van der Waals surface area contributed by atoms with Crippen LogP contribution in [0.15, 0.2) is 30.7 Å². The van der Waals surface area contributed by atoms with Crippen molar-refractivity contribution >= 4 is 30.7 Å². The number of carbonyl (C=O) groups is 1. The molecule has 2 aromatic rings. The fraction of sp³-hybridized carbons (Fsp3) is 0.526. The molecule has 0 radical (unpaired) electrons. The number of imidazole rings is 1. The van der Waals surface area contributed by atoms with E-state index < -0.39 is 0 Å². The molecule has 1 aliphatic heterocycles. The van der Waals surface area contributed by atoms with Gasteiger partial charge < -0.3 is 10.6 Å². The molecule has 1 amide bonds. The number of carbonyl (C=O) groups excluding carboxylic acids is 1. The molecule has 4 rings (SSSR count). The molecule has 2 fully saturated rings. The summed E-state index contributed by atoms with van der Waals surface area (Å²) in [5.41, 5.74) is 0.823. The van der Waals surface area contributed by atoms with Gasteiger partial charge in [0, 0.05) is 31.7 Å². The number of nitrogens with zero attached hydrogens (tertiary/aromatic N) is 3. The van der Waals surface area contributed by atoms with Crippen LogP contribution in [-0.2, 0) is 11.3 Å². The SMILES string of the molecule is Cc1nccn1-c1ccc(CNC(=O)[C@@]23CCCC[C@H]2CNC3)cn1.Cl.Cl. The zero-order valence-corrected chi connectivity index (χ0v) is 17.1. The molecular formula is C19H27Cl2N5O. The van der Waals surface area contributed by atoms with Gasteiger partial charge in [-0.1, -0.05) is 18.9 Å². The van der Waals surface area contributed by atoms with Crippen LogP contribution in [0.3, 0.4) is 0 Å². The molecule has 0 spiro atoms. The van der Waals surface area contributed by atoms with Crippen LogP contribution in [0.1, 0.15) is 37.1 Å². The number of aromatic nitrogens is 3. The fourth-order valence-corrected chi connectivity index (χ4v) is 4.33. The summed E-state index contributed by atoms with van der Waals surface area (Å²) >= 11 is 0. The van der Waals surface area contributed by atoms with Gasteiger partial charge in [-0.3, -0.25) is 9.36 Å². The number of halogens is 2. The molecule has 1 aliphatic carbocycles. The van der Waals surface area contributed by atoms with Gasteiger partial charge in [0.05, 0.1) is 5.41 Å². The van der Waals surface area contributed by atoms with Crippen molar-refractivity contribution in [1.82, 2.24) is 25.2 Å². The quantitative estimate of drug-likeness (QED) is 0.810. The first-order valence-corrected chi connectivity index (χ1v) is 9.13. The number of fused-ring (bicyclic) bond motifs is 1. The number of rotatable bonds is 4. The average Bonchev–Trinajstić information content (AvgIpc) is 3.27. The highest BCUT2D eigenvalue weighted by Crippen LogP contribution is 2.43. The average molecular weight is 412 g/mol. The second-order valence-corrected chi connectivity index (χ2v) is 7.28. The third-order valence-electron chi connectivity index (χ3n) is 5.83. The molecule has 0 unspecified atom stereocenters. The summed E-state index contributed by atoms with van der Waals surface area (Å²) in [4.78, 5) is 21.6. The highest BCUT2D eigenvalue weighted by atomic mass is 35.5. The van der Waals surface area contributed by atoms with Crippen molar-refractivity contribution < 1.29 is 4.79 Å². The lowest BCUT2D eigenvalue weighted by molar-refractivity contribution is -0.134. The summed E-state index contributed by atoms with van der Waals surface area (Å²) in [6, 6.07) is 3.99. The Bertz CT molecular complexity index is 764. The summed E-state index contributed by atoms with van der Waals surface area (Å²) in [5.74, 6) is 2.45. The zero-order valence-electron chi connectivity index (χ0n) is 15.5. The maximum atomic E-state index is 12.9. The van der Waals surface area contributed by atoms with Crippen molar-refractivity contribution in [2.75, 3.05) is 13.1 Å². The Morgan fingerprint density at radius 1 is 1.33 bits per heavy atom. The first-order valence-electron chi connectivity index (χ1n) is 9.13. The Morgan fingerprint density at radius 3 is 2.89 bits per heavy atom. The molecule has 0 bridgehead atoms. The Labute approximate surface area is 172 Å². The van der Waals surface area contributed by atoms with E-state index in [4.69, 9.17) is 0 Å². The molecular weight excluding hydrogens is 385 g/mol. The van der Waals surface area contributed by atoms with Crippen LogP contribution < -0.4 is 10.6 Å². The monoisotopic (exact) mass is 411 g/mol. The number of hydrogen-bond donors (Lipinski definition) is 2. The minimum atomic E-state index is -0.195. The normalized spacial score (nSPS) is 23.7. The molecule has 27 heavy (non-hydrogen) atoms. The minimum absolute atomic E-state index is 0. The Balaban J connectivity index is 0.00000131. The largest absolute Gasteiger partial charge is 0.351 e. The molecule has 2 aromatic heterocycles. The molecule has 2 N–H and O–H groups in total. The maximum absolute atomic E-state index is 12.9. The van der Waals surface area contributed by atoms with E-state index in [2.05, 4.69) is 20.6 Å². The molecule has 0 aromatic carbocycles. The predicted molar refractivity (Wildman–Crippen MR) is 110 cm³/mol. The number of pyridine rings is 1. The molecule has 1 saturated carbocycles. The number of nitrogens with one attached hydrogen (secondary N) is 2. The summed E-state index contributed by atoms with van der Waals surface area (Å²) in [6.07, 6.45) is 10.1. The number of aryl methyl sites for hydroxylation is 1. The highest BCUT2D eigenvalue weighted by molar-refractivity contribution is 5.85. The van der Waals surface area contributed by atoms with Gasteiger partial charge in [0.2, 0.25) is 5.91 Å². The van der Waals surface area contributed by atoms with Crippen LogP contribution in [0.25, 0.3) is 5.82 Å². The first kappa shape index (κ1) is 21.7. The lowest BCUT2D eigenvalue weighted by Gasteiger charge is -2.37. The molecule has 2 atom stereocenters. The Kier molecular flexibility index (Phi) is 7.25. The second-order valence-electron chi connectivity index (χ2n) is 7.28. The second kappa shape index (κ2) is 9.04. The van der Waals surface area contributed by atoms with E-state index in [0.717, 1.165) is 43.1 Å². The Morgan fingerprint density at radius 2 is 2.19 bits per heavy atom. The van der Waals surface area contributed by atoms with Crippen LogP contribution in [0.4, 0.5) is 0 Å². The zero-order chi connectivity index (χ0) is 17.3. The van der Waals surface area contributed by atoms with Crippen molar-refractivity contribution in [2.45, 2.75) is 39.2 Å². The topological polar surface area (TPSA) is 71.8 Å². The lowest BCUT2D eigenvalue weighted by atomic mass is 9.67. The Hall–Kier alpha value is -1.63. The molecule has 1 saturated heterocycles. The van der Waals surface area contributed by atoms with Gasteiger partial charge in [-0.05, 0) is 43.9 Å². The molecule has 2 aliphatic rings. The minimum Gasteiger partial charge on any atom is -0.351 e. The van der Waals surface area contributed by atoms with Gasteiger partial charge >= 0.3 is 0 Å². The van der Waals surface area contributed by atoms with Crippen molar-refractivity contribution in [2.24, 2.45) is 11.3 Å². The van der Waals surface area contributed by atoms with Gasteiger partial charge in [-0.15, -0.1) is 24.8 Å². The molecule has 6 nitrogen and oxygen atoms in total. The van der Waals surface area contributed by atoms with Crippen molar-refractivity contribution in [1.29, 1.82) is 0 Å². The molecule has 3 heterocycles. The van der Waals surface area contributed by atoms with E-state index in [1.807, 2.05) is 36.0 Å². The van der Waals surface area contributed by atoms with Gasteiger partial charge in [-0.2, -0.15) is 0 Å². The van der Waals surface area contributed by atoms with Gasteiger partial charge in [-0.25, -0.2) is 9.97 Å². The summed E-state index contributed by atoms with van der Waals surface area (Å²) in [7, 11) is 0. The van der Waals surface area contributed by atoms with Crippen LogP contribution in [0, 0.1) is 18.3 Å². The lowest BCUT2D eigenvalue weighted by Crippen LogP contribution is -2.47. The standard InChI is InChI=1S/C19H25N5O.2ClH/c1-14-21-8-9-24(14)17-6-5-15(10-22-17)11-23-18(25)19-7-3-2-4-16(19)12-20-13-19;;/h5-6,8-10,16,20H,2-4,7,11-13H2,1H3,(H,23,25);2*1H/t16-,19+;;/m0../s1. The smallest absolute Gasteiger partial charge is 0.228 e. The highest BCUT2D eigenvalue weighted by Gasteiger charge is 2.49. The third kappa shape index (κ3) is 4.13. The van der Waals surface area contributed by atoms with Crippen molar-refractivity contribution in [3.8, 4) is 5.82 Å².